The first-order chi connectivity index (χ1) is 12.6. The monoisotopic (exact) mass is 348 g/mol. The predicted molar refractivity (Wildman–Crippen MR) is 98.9 cm³/mol. The zero-order valence-electron chi connectivity index (χ0n) is 14.3. The van der Waals surface area contributed by atoms with Crippen LogP contribution in [0.5, 0.6) is 0 Å². The summed E-state index contributed by atoms with van der Waals surface area (Å²) < 4.78 is 0. The van der Waals surface area contributed by atoms with E-state index in [0.29, 0.717) is 23.2 Å². The molecule has 1 fully saturated rings. The van der Waals surface area contributed by atoms with Crippen molar-refractivity contribution in [2.24, 2.45) is 5.73 Å². The lowest BCUT2D eigenvalue weighted by molar-refractivity contribution is 0.0705. The number of H-pyrrole nitrogens is 1. The van der Waals surface area contributed by atoms with Crippen molar-refractivity contribution in [3.8, 4) is 0 Å². The maximum Gasteiger partial charge on any atom is 0.253 e. The lowest BCUT2D eigenvalue weighted by Gasteiger charge is -2.32. The van der Waals surface area contributed by atoms with Gasteiger partial charge in [-0.2, -0.15) is 0 Å². The van der Waals surface area contributed by atoms with Crippen LogP contribution in [0.4, 0.5) is 0 Å². The van der Waals surface area contributed by atoms with E-state index in [-0.39, 0.29) is 11.8 Å². The number of hydrogen-bond donors (Lipinski definition) is 2. The van der Waals surface area contributed by atoms with Gasteiger partial charge in [0.15, 0.2) is 0 Å². The van der Waals surface area contributed by atoms with Crippen LogP contribution in [0.3, 0.4) is 0 Å². The molecule has 2 aromatic carbocycles. The van der Waals surface area contributed by atoms with Crippen LogP contribution >= 0.6 is 0 Å². The van der Waals surface area contributed by atoms with E-state index >= 15 is 0 Å². The molecule has 0 bridgehead atoms. The Morgan fingerprint density at radius 2 is 1.92 bits per heavy atom. The van der Waals surface area contributed by atoms with E-state index in [9.17, 15) is 9.59 Å². The fraction of sp³-hybridized carbons (Fsp3) is 0.250. The highest BCUT2D eigenvalue weighted by molar-refractivity contribution is 6.04. The van der Waals surface area contributed by atoms with Gasteiger partial charge in [0.25, 0.3) is 11.8 Å². The minimum atomic E-state index is -0.488. The number of rotatable bonds is 3. The SMILES string of the molecule is NC(=O)c1cccc2[nH]c(C3CCCN(C(=O)c4ccccc4)C3)nc12. The zero-order valence-corrected chi connectivity index (χ0v) is 14.3. The fourth-order valence-electron chi connectivity index (χ4n) is 3.59. The van der Waals surface area contributed by atoms with Crippen molar-refractivity contribution >= 4 is 22.8 Å². The molecule has 4 rings (SSSR count). The van der Waals surface area contributed by atoms with E-state index in [2.05, 4.69) is 9.97 Å². The van der Waals surface area contributed by atoms with E-state index in [1.165, 1.54) is 0 Å². The molecule has 0 aliphatic carbocycles. The Hall–Kier alpha value is -3.15. The van der Waals surface area contributed by atoms with Gasteiger partial charge >= 0.3 is 0 Å². The minimum absolute atomic E-state index is 0.0456. The number of likely N-dealkylation sites (tertiary alicyclic amines) is 1. The molecule has 6 nitrogen and oxygen atoms in total. The second-order valence-electron chi connectivity index (χ2n) is 6.64. The molecule has 1 aromatic heterocycles. The number of primary amides is 1. The molecule has 0 radical (unpaired) electrons. The Balaban J connectivity index is 1.60. The summed E-state index contributed by atoms with van der Waals surface area (Å²) in [5.41, 5.74) is 7.96. The van der Waals surface area contributed by atoms with Crippen LogP contribution < -0.4 is 5.73 Å². The maximum atomic E-state index is 12.7. The highest BCUT2D eigenvalue weighted by Crippen LogP contribution is 2.28. The minimum Gasteiger partial charge on any atom is -0.366 e. The van der Waals surface area contributed by atoms with Gasteiger partial charge in [-0.3, -0.25) is 9.59 Å². The second-order valence-corrected chi connectivity index (χ2v) is 6.64. The van der Waals surface area contributed by atoms with Crippen LogP contribution in [-0.2, 0) is 0 Å². The van der Waals surface area contributed by atoms with Crippen molar-refractivity contribution in [1.82, 2.24) is 14.9 Å². The molecule has 2 heterocycles. The predicted octanol–water partition coefficient (Wildman–Crippen LogP) is 2.68. The maximum absolute atomic E-state index is 12.7. The van der Waals surface area contributed by atoms with Gasteiger partial charge in [0, 0.05) is 24.6 Å². The zero-order chi connectivity index (χ0) is 18.1. The van der Waals surface area contributed by atoms with Crippen LogP contribution in [0.15, 0.2) is 48.5 Å². The number of carbonyl (C=O) groups excluding carboxylic acids is 2. The van der Waals surface area contributed by atoms with E-state index in [0.717, 1.165) is 30.7 Å². The number of hydrogen-bond acceptors (Lipinski definition) is 3. The van der Waals surface area contributed by atoms with Crippen LogP contribution in [-0.4, -0.2) is 39.8 Å². The van der Waals surface area contributed by atoms with Crippen LogP contribution in [0.2, 0.25) is 0 Å². The number of imidazole rings is 1. The molecule has 1 saturated heterocycles. The first-order valence-corrected chi connectivity index (χ1v) is 8.76. The molecule has 1 aliphatic heterocycles. The van der Waals surface area contributed by atoms with Crippen molar-refractivity contribution in [2.45, 2.75) is 18.8 Å². The van der Waals surface area contributed by atoms with Gasteiger partial charge in [-0.25, -0.2) is 4.98 Å². The molecule has 1 unspecified atom stereocenters. The Kier molecular flexibility index (Phi) is 4.16. The van der Waals surface area contributed by atoms with Crippen molar-refractivity contribution in [2.75, 3.05) is 13.1 Å². The highest BCUT2D eigenvalue weighted by Gasteiger charge is 2.27. The Bertz CT molecular complexity index is 964. The average molecular weight is 348 g/mol. The lowest BCUT2D eigenvalue weighted by Crippen LogP contribution is -2.39. The number of aromatic nitrogens is 2. The number of benzene rings is 2. The molecular weight excluding hydrogens is 328 g/mol. The molecule has 1 aliphatic rings. The van der Waals surface area contributed by atoms with Gasteiger partial charge in [-0.05, 0) is 37.1 Å². The Morgan fingerprint density at radius 3 is 2.69 bits per heavy atom. The van der Waals surface area contributed by atoms with Gasteiger partial charge in [0.1, 0.15) is 11.3 Å². The number of aromatic amines is 1. The smallest absolute Gasteiger partial charge is 0.253 e. The molecule has 132 valence electrons. The van der Waals surface area contributed by atoms with Crippen LogP contribution in [0.25, 0.3) is 11.0 Å². The molecule has 6 heteroatoms. The number of nitrogens with one attached hydrogen (secondary N) is 1. The number of fused-ring (bicyclic) bond motifs is 1. The van der Waals surface area contributed by atoms with E-state index in [1.54, 1.807) is 12.1 Å². The third kappa shape index (κ3) is 2.94. The molecule has 3 N–H and O–H groups in total. The Labute approximate surface area is 151 Å². The molecule has 0 saturated carbocycles. The van der Waals surface area contributed by atoms with Gasteiger partial charge in [-0.15, -0.1) is 0 Å². The summed E-state index contributed by atoms with van der Waals surface area (Å²) >= 11 is 0. The second kappa shape index (κ2) is 6.63. The summed E-state index contributed by atoms with van der Waals surface area (Å²) in [6, 6.07) is 14.7. The molecular formula is C20H20N4O2. The van der Waals surface area contributed by atoms with Crippen LogP contribution in [0.1, 0.15) is 45.3 Å². The molecule has 0 spiro atoms. The van der Waals surface area contributed by atoms with Gasteiger partial charge in [-0.1, -0.05) is 24.3 Å². The van der Waals surface area contributed by atoms with Crippen molar-refractivity contribution in [3.63, 3.8) is 0 Å². The summed E-state index contributed by atoms with van der Waals surface area (Å²) in [5.74, 6) is 0.478. The molecule has 26 heavy (non-hydrogen) atoms. The van der Waals surface area contributed by atoms with Crippen molar-refractivity contribution in [3.05, 3.63) is 65.5 Å². The number of piperidine rings is 1. The number of amides is 2. The summed E-state index contributed by atoms with van der Waals surface area (Å²) in [6.07, 6.45) is 1.87. The highest BCUT2D eigenvalue weighted by atomic mass is 16.2. The average Bonchev–Trinajstić information content (AvgIpc) is 3.12. The standard InChI is InChI=1S/C20H20N4O2/c21-18(25)15-9-4-10-16-17(15)23-19(22-16)14-8-5-11-24(12-14)20(26)13-6-2-1-3-7-13/h1-4,6-7,9-10,14H,5,8,11-12H2,(H2,21,25)(H,22,23). The Morgan fingerprint density at radius 1 is 1.12 bits per heavy atom. The number of nitrogens with two attached hydrogens (primary N) is 1. The van der Waals surface area contributed by atoms with Crippen molar-refractivity contribution in [1.29, 1.82) is 0 Å². The summed E-state index contributed by atoms with van der Waals surface area (Å²) in [6.45, 7) is 1.36. The van der Waals surface area contributed by atoms with Gasteiger partial charge < -0.3 is 15.6 Å². The van der Waals surface area contributed by atoms with Crippen LogP contribution in [0, 0.1) is 0 Å². The summed E-state index contributed by atoms with van der Waals surface area (Å²) in [5, 5.41) is 0. The summed E-state index contributed by atoms with van der Waals surface area (Å²) in [7, 11) is 0. The number of para-hydroxylation sites is 1. The van der Waals surface area contributed by atoms with E-state index in [1.807, 2.05) is 41.3 Å². The number of carbonyl (C=O) groups is 2. The third-order valence-corrected chi connectivity index (χ3v) is 4.91. The van der Waals surface area contributed by atoms with Gasteiger partial charge in [0.2, 0.25) is 0 Å². The first kappa shape index (κ1) is 16.3. The normalized spacial score (nSPS) is 17.4. The lowest BCUT2D eigenvalue weighted by atomic mass is 9.96. The van der Waals surface area contributed by atoms with Crippen molar-refractivity contribution < 1.29 is 9.59 Å². The van der Waals surface area contributed by atoms with E-state index in [4.69, 9.17) is 5.73 Å². The topological polar surface area (TPSA) is 92.1 Å². The van der Waals surface area contributed by atoms with Gasteiger partial charge in [0.05, 0.1) is 11.1 Å². The first-order valence-electron chi connectivity index (χ1n) is 8.76. The molecule has 3 aromatic rings. The third-order valence-electron chi connectivity index (χ3n) is 4.91. The fourth-order valence-corrected chi connectivity index (χ4v) is 3.59. The quantitative estimate of drug-likeness (QED) is 0.762. The molecule has 2 amide bonds. The molecule has 1 atom stereocenters. The largest absolute Gasteiger partial charge is 0.366 e. The number of nitrogens with zero attached hydrogens (tertiary/aromatic N) is 2. The summed E-state index contributed by atoms with van der Waals surface area (Å²) in [4.78, 5) is 34.2. The van der Waals surface area contributed by atoms with E-state index < -0.39 is 5.91 Å².